The lowest BCUT2D eigenvalue weighted by atomic mass is 9.98. The maximum absolute atomic E-state index is 12.8. The van der Waals surface area contributed by atoms with Crippen LogP contribution >= 0.6 is 37.2 Å². The standard InChI is InChI=1S/C21H28N4O2.3ClH/c1-14(2)27-21(26)20(24-10-9-16(22)12-24)11-17-19-8-7-15-5-3-4-6-18(15)25(19)13-23-17;;;/h3-6,13-14,16,20H,7-12,22H2,1-2H3;3*1H/t16-,20-;;;/m0.../s1. The van der Waals surface area contributed by atoms with E-state index in [0.29, 0.717) is 6.42 Å². The molecule has 6 nitrogen and oxygen atoms in total. The van der Waals surface area contributed by atoms with Gasteiger partial charge in [0.1, 0.15) is 6.04 Å². The molecule has 2 aliphatic heterocycles. The SMILES string of the molecule is CC(C)OC(=O)[C@H](Cc1ncn2c1CCc1ccccc1-2)N1CC[C@H](N)C1.Cl.Cl.Cl. The molecule has 2 atom stereocenters. The molecular weight excluding hydrogens is 447 g/mol. The van der Waals surface area contributed by atoms with Gasteiger partial charge in [-0.05, 0) is 44.7 Å². The van der Waals surface area contributed by atoms with Gasteiger partial charge in [-0.25, -0.2) is 4.98 Å². The zero-order valence-corrected chi connectivity index (χ0v) is 19.8. The molecule has 3 heterocycles. The van der Waals surface area contributed by atoms with Crippen LogP contribution in [0.15, 0.2) is 30.6 Å². The molecule has 0 aliphatic carbocycles. The zero-order chi connectivity index (χ0) is 19.0. The van der Waals surface area contributed by atoms with Gasteiger partial charge in [0.15, 0.2) is 0 Å². The summed E-state index contributed by atoms with van der Waals surface area (Å²) >= 11 is 0. The third-order valence-corrected chi connectivity index (χ3v) is 5.54. The number of hydrogen-bond acceptors (Lipinski definition) is 5. The summed E-state index contributed by atoms with van der Waals surface area (Å²) in [4.78, 5) is 19.7. The molecule has 1 saturated heterocycles. The van der Waals surface area contributed by atoms with Gasteiger partial charge in [-0.1, -0.05) is 18.2 Å². The van der Waals surface area contributed by atoms with Crippen LogP contribution in [0, 0.1) is 0 Å². The molecule has 0 saturated carbocycles. The number of likely N-dealkylation sites (tertiary alicyclic amines) is 1. The van der Waals surface area contributed by atoms with Gasteiger partial charge in [0, 0.05) is 36.9 Å². The lowest BCUT2D eigenvalue weighted by Gasteiger charge is -2.27. The van der Waals surface area contributed by atoms with E-state index in [1.54, 1.807) is 0 Å². The minimum Gasteiger partial charge on any atom is -0.462 e. The molecule has 0 spiro atoms. The van der Waals surface area contributed by atoms with Crippen molar-refractivity contribution in [3.8, 4) is 5.69 Å². The molecule has 4 rings (SSSR count). The van der Waals surface area contributed by atoms with Crippen molar-refractivity contribution < 1.29 is 9.53 Å². The number of rotatable bonds is 5. The van der Waals surface area contributed by atoms with Crippen LogP contribution in [0.2, 0.25) is 0 Å². The van der Waals surface area contributed by atoms with Gasteiger partial charge in [-0.2, -0.15) is 0 Å². The Morgan fingerprint density at radius 3 is 2.63 bits per heavy atom. The van der Waals surface area contributed by atoms with E-state index < -0.39 is 0 Å². The van der Waals surface area contributed by atoms with Crippen LogP contribution < -0.4 is 5.73 Å². The largest absolute Gasteiger partial charge is 0.462 e. The summed E-state index contributed by atoms with van der Waals surface area (Å²) in [5.74, 6) is -0.169. The van der Waals surface area contributed by atoms with E-state index in [0.717, 1.165) is 38.0 Å². The molecule has 1 aromatic heterocycles. The fourth-order valence-electron chi connectivity index (χ4n) is 4.22. The second kappa shape index (κ2) is 11.3. The fourth-order valence-corrected chi connectivity index (χ4v) is 4.22. The number of carbonyl (C=O) groups is 1. The Labute approximate surface area is 196 Å². The average Bonchev–Trinajstić information content (AvgIpc) is 3.25. The first-order valence-corrected chi connectivity index (χ1v) is 9.86. The Kier molecular flexibility index (Phi) is 10.1. The van der Waals surface area contributed by atoms with Gasteiger partial charge in [0.25, 0.3) is 0 Å². The van der Waals surface area contributed by atoms with Crippen LogP contribution in [0.25, 0.3) is 5.69 Å². The summed E-state index contributed by atoms with van der Waals surface area (Å²) in [7, 11) is 0. The molecular formula is C21H31Cl3N4O2. The monoisotopic (exact) mass is 476 g/mol. The first-order valence-electron chi connectivity index (χ1n) is 9.86. The number of aromatic nitrogens is 2. The van der Waals surface area contributed by atoms with E-state index >= 15 is 0 Å². The van der Waals surface area contributed by atoms with Crippen LogP contribution in [0.5, 0.6) is 0 Å². The molecule has 0 unspecified atom stereocenters. The maximum Gasteiger partial charge on any atom is 0.324 e. The smallest absolute Gasteiger partial charge is 0.324 e. The van der Waals surface area contributed by atoms with Gasteiger partial charge >= 0.3 is 5.97 Å². The predicted octanol–water partition coefficient (Wildman–Crippen LogP) is 3.13. The number of nitrogens with zero attached hydrogens (tertiary/aromatic N) is 3. The second-order valence-electron chi connectivity index (χ2n) is 7.89. The zero-order valence-electron chi connectivity index (χ0n) is 17.3. The van der Waals surface area contributed by atoms with E-state index in [-0.39, 0.29) is 61.4 Å². The Hall–Kier alpha value is -1.31. The van der Waals surface area contributed by atoms with Crippen molar-refractivity contribution in [3.05, 3.63) is 47.5 Å². The molecule has 168 valence electrons. The molecule has 30 heavy (non-hydrogen) atoms. The average molecular weight is 478 g/mol. The molecule has 1 aromatic carbocycles. The quantitative estimate of drug-likeness (QED) is 0.670. The number of hydrogen-bond donors (Lipinski definition) is 1. The summed E-state index contributed by atoms with van der Waals surface area (Å²) in [5.41, 5.74) is 10.8. The predicted molar refractivity (Wildman–Crippen MR) is 126 cm³/mol. The minimum absolute atomic E-state index is 0. The van der Waals surface area contributed by atoms with E-state index in [1.807, 2.05) is 20.2 Å². The summed E-state index contributed by atoms with van der Waals surface area (Å²) in [6, 6.07) is 8.25. The van der Waals surface area contributed by atoms with Crippen molar-refractivity contribution in [2.24, 2.45) is 5.73 Å². The Morgan fingerprint density at radius 1 is 1.23 bits per heavy atom. The first-order chi connectivity index (χ1) is 13.0. The normalized spacial score (nSPS) is 18.3. The number of imidazole rings is 1. The Balaban J connectivity index is 0.00000150. The second-order valence-corrected chi connectivity index (χ2v) is 7.89. The van der Waals surface area contributed by atoms with Gasteiger partial charge in [-0.15, -0.1) is 37.2 Å². The van der Waals surface area contributed by atoms with Crippen LogP contribution in [0.3, 0.4) is 0 Å². The molecule has 9 heteroatoms. The van der Waals surface area contributed by atoms with Crippen LogP contribution in [-0.2, 0) is 28.8 Å². The molecule has 2 aliphatic rings. The number of ether oxygens (including phenoxy) is 1. The third-order valence-electron chi connectivity index (χ3n) is 5.54. The van der Waals surface area contributed by atoms with Crippen molar-refractivity contribution in [1.29, 1.82) is 0 Å². The number of halogens is 3. The van der Waals surface area contributed by atoms with Crippen molar-refractivity contribution in [2.75, 3.05) is 13.1 Å². The molecule has 0 radical (unpaired) electrons. The highest BCUT2D eigenvalue weighted by Crippen LogP contribution is 2.28. The highest BCUT2D eigenvalue weighted by molar-refractivity contribution is 5.86. The van der Waals surface area contributed by atoms with Gasteiger partial charge in [-0.3, -0.25) is 9.69 Å². The summed E-state index contributed by atoms with van der Waals surface area (Å²) in [5, 5.41) is 0. The van der Waals surface area contributed by atoms with E-state index in [2.05, 4.69) is 38.7 Å². The number of fused-ring (bicyclic) bond motifs is 3. The van der Waals surface area contributed by atoms with Crippen LogP contribution in [0.1, 0.15) is 37.2 Å². The van der Waals surface area contributed by atoms with Crippen LogP contribution in [0.4, 0.5) is 0 Å². The fraction of sp³-hybridized carbons (Fsp3) is 0.524. The molecule has 0 bridgehead atoms. The van der Waals surface area contributed by atoms with Crippen molar-refractivity contribution in [1.82, 2.24) is 14.5 Å². The lowest BCUT2D eigenvalue weighted by molar-refractivity contribution is -0.153. The highest BCUT2D eigenvalue weighted by atomic mass is 35.5. The van der Waals surface area contributed by atoms with E-state index in [4.69, 9.17) is 10.5 Å². The molecule has 1 fully saturated rings. The number of aryl methyl sites for hydroxylation is 1. The Morgan fingerprint density at radius 2 is 1.97 bits per heavy atom. The topological polar surface area (TPSA) is 73.4 Å². The highest BCUT2D eigenvalue weighted by Gasteiger charge is 2.34. The first kappa shape index (κ1) is 26.7. The molecule has 0 amide bonds. The third kappa shape index (κ3) is 5.48. The van der Waals surface area contributed by atoms with Gasteiger partial charge in [0.05, 0.1) is 18.1 Å². The van der Waals surface area contributed by atoms with E-state index in [9.17, 15) is 4.79 Å². The number of esters is 1. The minimum atomic E-state index is -0.322. The lowest BCUT2D eigenvalue weighted by Crippen LogP contribution is -2.44. The van der Waals surface area contributed by atoms with Gasteiger partial charge in [0.2, 0.25) is 0 Å². The summed E-state index contributed by atoms with van der Waals surface area (Å²) in [6.45, 7) is 5.34. The van der Waals surface area contributed by atoms with Gasteiger partial charge < -0.3 is 15.0 Å². The van der Waals surface area contributed by atoms with Crippen molar-refractivity contribution >= 4 is 43.2 Å². The van der Waals surface area contributed by atoms with Crippen molar-refractivity contribution in [2.45, 2.75) is 57.7 Å². The Bertz CT molecular complexity index is 843. The number of para-hydroxylation sites is 1. The number of benzene rings is 1. The molecule has 2 aromatic rings. The summed E-state index contributed by atoms with van der Waals surface area (Å²) < 4.78 is 7.73. The summed E-state index contributed by atoms with van der Waals surface area (Å²) in [6.07, 6.45) is 5.20. The van der Waals surface area contributed by atoms with Crippen molar-refractivity contribution in [3.63, 3.8) is 0 Å². The maximum atomic E-state index is 12.8. The number of nitrogens with two attached hydrogens (primary N) is 1. The van der Waals surface area contributed by atoms with E-state index in [1.165, 1.54) is 16.9 Å². The molecule has 2 N–H and O–H groups in total. The number of carbonyl (C=O) groups excluding carboxylic acids is 1. The van der Waals surface area contributed by atoms with Crippen LogP contribution in [-0.4, -0.2) is 51.7 Å².